The third kappa shape index (κ3) is 3.17. The lowest BCUT2D eigenvalue weighted by atomic mass is 10.00. The molecule has 6 nitrogen and oxygen atoms in total. The van der Waals surface area contributed by atoms with Crippen molar-refractivity contribution in [2.45, 2.75) is 19.9 Å². The molecular formula is C18H14Cl2FN5O. The summed E-state index contributed by atoms with van der Waals surface area (Å²) in [5.74, 6) is -0.203. The summed E-state index contributed by atoms with van der Waals surface area (Å²) in [5.41, 5.74) is 2.56. The average molecular weight is 406 g/mol. The van der Waals surface area contributed by atoms with Gasteiger partial charge in [-0.3, -0.25) is 9.89 Å². The zero-order valence-corrected chi connectivity index (χ0v) is 15.8. The number of aromatic nitrogens is 4. The van der Waals surface area contributed by atoms with E-state index in [1.807, 2.05) is 0 Å². The molecule has 1 amide bonds. The fourth-order valence-corrected chi connectivity index (χ4v) is 3.59. The quantitative estimate of drug-likeness (QED) is 0.702. The summed E-state index contributed by atoms with van der Waals surface area (Å²) >= 11 is 12.2. The van der Waals surface area contributed by atoms with Crippen LogP contribution < -0.4 is 0 Å². The van der Waals surface area contributed by atoms with Gasteiger partial charge in [0.1, 0.15) is 11.5 Å². The Morgan fingerprint density at radius 1 is 1.30 bits per heavy atom. The van der Waals surface area contributed by atoms with Crippen molar-refractivity contribution in [3.8, 4) is 11.4 Å². The summed E-state index contributed by atoms with van der Waals surface area (Å²) in [7, 11) is 0. The number of halogens is 3. The van der Waals surface area contributed by atoms with E-state index in [2.05, 4.69) is 20.2 Å². The first-order chi connectivity index (χ1) is 13.0. The second-order valence-electron chi connectivity index (χ2n) is 6.22. The zero-order chi connectivity index (χ0) is 19.1. The molecule has 1 aromatic carbocycles. The van der Waals surface area contributed by atoms with Crippen LogP contribution in [0.15, 0.2) is 24.4 Å². The maximum atomic E-state index is 14.0. The maximum Gasteiger partial charge on any atom is 0.255 e. The van der Waals surface area contributed by atoms with E-state index in [-0.39, 0.29) is 23.2 Å². The minimum atomic E-state index is -0.473. The molecule has 9 heteroatoms. The minimum Gasteiger partial charge on any atom is -0.332 e. The number of nitrogens with zero attached hydrogens (tertiary/aromatic N) is 4. The van der Waals surface area contributed by atoms with Gasteiger partial charge in [-0.15, -0.1) is 0 Å². The van der Waals surface area contributed by atoms with Crippen molar-refractivity contribution in [2.24, 2.45) is 0 Å². The average Bonchev–Trinajstić information content (AvgIpc) is 3.08. The van der Waals surface area contributed by atoms with E-state index in [0.29, 0.717) is 40.8 Å². The fourth-order valence-electron chi connectivity index (χ4n) is 3.21. The van der Waals surface area contributed by atoms with Crippen LogP contribution in [-0.2, 0) is 13.0 Å². The van der Waals surface area contributed by atoms with Crippen LogP contribution in [0.25, 0.3) is 11.4 Å². The normalized spacial score (nSPS) is 13.6. The highest BCUT2D eigenvalue weighted by Crippen LogP contribution is 2.31. The van der Waals surface area contributed by atoms with Crippen LogP contribution in [-0.4, -0.2) is 37.5 Å². The van der Waals surface area contributed by atoms with Crippen LogP contribution in [0.1, 0.15) is 27.4 Å². The lowest BCUT2D eigenvalue weighted by Gasteiger charge is -2.29. The van der Waals surface area contributed by atoms with Crippen LogP contribution in [0, 0.1) is 12.7 Å². The van der Waals surface area contributed by atoms with Crippen molar-refractivity contribution in [3.05, 3.63) is 62.9 Å². The number of fused-ring (bicyclic) bond motifs is 1. The van der Waals surface area contributed by atoms with E-state index in [1.165, 1.54) is 0 Å². The maximum absolute atomic E-state index is 14.0. The van der Waals surface area contributed by atoms with Gasteiger partial charge in [0, 0.05) is 12.1 Å². The van der Waals surface area contributed by atoms with Gasteiger partial charge in [0.05, 0.1) is 39.7 Å². The second kappa shape index (κ2) is 6.90. The molecule has 2 aromatic heterocycles. The lowest BCUT2D eigenvalue weighted by molar-refractivity contribution is 0.0732. The minimum absolute atomic E-state index is 0.223. The van der Waals surface area contributed by atoms with E-state index in [9.17, 15) is 9.18 Å². The van der Waals surface area contributed by atoms with Gasteiger partial charge in [-0.25, -0.2) is 14.4 Å². The number of rotatable bonds is 2. The number of hydrogen-bond acceptors (Lipinski definition) is 4. The Morgan fingerprint density at radius 3 is 2.85 bits per heavy atom. The van der Waals surface area contributed by atoms with E-state index < -0.39 is 5.82 Å². The molecule has 0 spiro atoms. The van der Waals surface area contributed by atoms with Crippen molar-refractivity contribution in [3.63, 3.8) is 0 Å². The SMILES string of the molecule is Cc1nc2c(c(-c3[nH]ncc3F)n1)CCN(C(=O)c1cccc(Cl)c1Cl)C2. The summed E-state index contributed by atoms with van der Waals surface area (Å²) in [4.78, 5) is 23.4. The number of amides is 1. The molecule has 0 saturated carbocycles. The molecule has 0 bridgehead atoms. The highest BCUT2D eigenvalue weighted by molar-refractivity contribution is 6.43. The third-order valence-electron chi connectivity index (χ3n) is 4.48. The van der Waals surface area contributed by atoms with Crippen molar-refractivity contribution in [2.75, 3.05) is 6.54 Å². The van der Waals surface area contributed by atoms with Crippen LogP contribution in [0.5, 0.6) is 0 Å². The number of H-pyrrole nitrogens is 1. The molecule has 27 heavy (non-hydrogen) atoms. The molecule has 3 heterocycles. The Morgan fingerprint density at radius 2 is 2.11 bits per heavy atom. The summed E-state index contributed by atoms with van der Waals surface area (Å²) in [6.45, 7) is 2.44. The number of carbonyl (C=O) groups is 1. The number of aryl methyl sites for hydroxylation is 1. The Kier molecular flexibility index (Phi) is 4.57. The Hall–Kier alpha value is -2.51. The zero-order valence-electron chi connectivity index (χ0n) is 14.3. The predicted octanol–water partition coefficient (Wildman–Crippen LogP) is 3.82. The van der Waals surface area contributed by atoms with E-state index in [1.54, 1.807) is 30.0 Å². The number of nitrogens with one attached hydrogen (secondary N) is 1. The van der Waals surface area contributed by atoms with Gasteiger partial charge < -0.3 is 4.90 Å². The first-order valence-corrected chi connectivity index (χ1v) is 9.00. The molecule has 1 aliphatic heterocycles. The number of aromatic amines is 1. The number of hydrogen-bond donors (Lipinski definition) is 1. The first-order valence-electron chi connectivity index (χ1n) is 8.24. The predicted molar refractivity (Wildman–Crippen MR) is 99.2 cm³/mol. The largest absolute Gasteiger partial charge is 0.332 e. The van der Waals surface area contributed by atoms with Gasteiger partial charge in [0.15, 0.2) is 5.82 Å². The van der Waals surface area contributed by atoms with Gasteiger partial charge in [-0.05, 0) is 25.5 Å². The molecular weight excluding hydrogens is 392 g/mol. The fraction of sp³-hybridized carbons (Fsp3) is 0.222. The van der Waals surface area contributed by atoms with E-state index in [0.717, 1.165) is 11.8 Å². The van der Waals surface area contributed by atoms with Crippen LogP contribution in [0.4, 0.5) is 4.39 Å². The molecule has 0 atom stereocenters. The van der Waals surface area contributed by atoms with E-state index in [4.69, 9.17) is 23.2 Å². The molecule has 4 rings (SSSR count). The van der Waals surface area contributed by atoms with Crippen molar-refractivity contribution in [1.29, 1.82) is 0 Å². The molecule has 3 aromatic rings. The Labute approximate surface area is 164 Å². The summed E-state index contributed by atoms with van der Waals surface area (Å²) in [6, 6.07) is 4.96. The van der Waals surface area contributed by atoms with Gasteiger partial charge in [0.2, 0.25) is 0 Å². The van der Waals surface area contributed by atoms with E-state index >= 15 is 0 Å². The Bertz CT molecular complexity index is 1050. The van der Waals surface area contributed by atoms with Gasteiger partial charge >= 0.3 is 0 Å². The van der Waals surface area contributed by atoms with Gasteiger partial charge in [-0.1, -0.05) is 29.3 Å². The standard InChI is InChI=1S/C18H14Cl2FN5O/c1-9-23-14-8-26(18(27)11-3-2-4-12(19)15(11)20)6-5-10(14)16(24-9)17-13(21)7-22-25-17/h2-4,7H,5-6,8H2,1H3,(H,22,25). The summed E-state index contributed by atoms with van der Waals surface area (Å²) in [5, 5.41) is 6.93. The van der Waals surface area contributed by atoms with Crippen molar-refractivity contribution < 1.29 is 9.18 Å². The summed E-state index contributed by atoms with van der Waals surface area (Å²) in [6.07, 6.45) is 1.60. The van der Waals surface area contributed by atoms with Gasteiger partial charge in [0.25, 0.3) is 5.91 Å². The molecule has 0 saturated heterocycles. The molecule has 1 N–H and O–H groups in total. The number of benzene rings is 1. The monoisotopic (exact) mass is 405 g/mol. The Balaban J connectivity index is 1.70. The topological polar surface area (TPSA) is 74.8 Å². The molecule has 138 valence electrons. The van der Waals surface area contributed by atoms with Crippen molar-refractivity contribution in [1.82, 2.24) is 25.1 Å². The molecule has 0 aliphatic carbocycles. The first kappa shape index (κ1) is 17.9. The molecule has 0 radical (unpaired) electrons. The van der Waals surface area contributed by atoms with Crippen LogP contribution >= 0.6 is 23.2 Å². The third-order valence-corrected chi connectivity index (χ3v) is 5.29. The smallest absolute Gasteiger partial charge is 0.255 e. The van der Waals surface area contributed by atoms with Crippen LogP contribution in [0.3, 0.4) is 0 Å². The van der Waals surface area contributed by atoms with Crippen LogP contribution in [0.2, 0.25) is 10.0 Å². The highest BCUT2D eigenvalue weighted by atomic mass is 35.5. The lowest BCUT2D eigenvalue weighted by Crippen LogP contribution is -2.37. The summed E-state index contributed by atoms with van der Waals surface area (Å²) < 4.78 is 14.0. The highest BCUT2D eigenvalue weighted by Gasteiger charge is 2.28. The second-order valence-corrected chi connectivity index (χ2v) is 7.00. The molecule has 0 unspecified atom stereocenters. The van der Waals surface area contributed by atoms with Crippen molar-refractivity contribution >= 4 is 29.1 Å². The number of carbonyl (C=O) groups excluding carboxylic acids is 1. The molecule has 1 aliphatic rings. The molecule has 0 fully saturated rings. The van der Waals surface area contributed by atoms with Gasteiger partial charge in [-0.2, -0.15) is 5.10 Å².